The van der Waals surface area contributed by atoms with Gasteiger partial charge in [-0.15, -0.1) is 0 Å². The number of carbonyl (C=O) groups is 1. The Balaban J connectivity index is 2.06. The first kappa shape index (κ1) is 14.6. The standard InChI is InChI=1S/C16H15BrO3/c1-11-6-7-13(17)9-16(11)20-10-15(18)12-4-3-5-14(8-12)19-2/h3-9H,10H2,1-2H3. The van der Waals surface area contributed by atoms with Crippen molar-refractivity contribution in [3.8, 4) is 11.5 Å². The molecule has 0 spiro atoms. The minimum atomic E-state index is -0.0803. The Hall–Kier alpha value is -1.81. The Morgan fingerprint density at radius 2 is 2.00 bits per heavy atom. The van der Waals surface area contributed by atoms with Crippen LogP contribution in [0.15, 0.2) is 46.9 Å². The van der Waals surface area contributed by atoms with Crippen molar-refractivity contribution >= 4 is 21.7 Å². The second-order valence-electron chi connectivity index (χ2n) is 4.35. The summed E-state index contributed by atoms with van der Waals surface area (Å²) in [6.07, 6.45) is 0. The molecule has 0 aliphatic heterocycles. The molecule has 0 aliphatic rings. The minimum absolute atomic E-state index is 0.00443. The van der Waals surface area contributed by atoms with Crippen LogP contribution in [0.5, 0.6) is 11.5 Å². The van der Waals surface area contributed by atoms with E-state index >= 15 is 0 Å². The van der Waals surface area contributed by atoms with Crippen LogP contribution in [0.25, 0.3) is 0 Å². The number of methoxy groups -OCH3 is 1. The number of aryl methyl sites for hydroxylation is 1. The average molecular weight is 335 g/mol. The van der Waals surface area contributed by atoms with E-state index in [2.05, 4.69) is 15.9 Å². The van der Waals surface area contributed by atoms with Crippen LogP contribution in [0.4, 0.5) is 0 Å². The van der Waals surface area contributed by atoms with Gasteiger partial charge in [0.1, 0.15) is 11.5 Å². The summed E-state index contributed by atoms with van der Waals surface area (Å²) in [5.74, 6) is 1.29. The second-order valence-corrected chi connectivity index (χ2v) is 5.27. The topological polar surface area (TPSA) is 35.5 Å². The number of ketones is 1. The zero-order chi connectivity index (χ0) is 14.5. The van der Waals surface area contributed by atoms with Crippen LogP contribution in [0.1, 0.15) is 15.9 Å². The molecular weight excluding hydrogens is 320 g/mol. The number of rotatable bonds is 5. The first-order valence-corrected chi connectivity index (χ1v) is 6.95. The molecule has 0 fully saturated rings. The Labute approximate surface area is 126 Å². The molecule has 0 saturated carbocycles. The van der Waals surface area contributed by atoms with Gasteiger partial charge < -0.3 is 9.47 Å². The first-order valence-electron chi connectivity index (χ1n) is 6.16. The fourth-order valence-corrected chi connectivity index (χ4v) is 2.09. The maximum Gasteiger partial charge on any atom is 0.200 e. The van der Waals surface area contributed by atoms with Gasteiger partial charge in [0.25, 0.3) is 0 Å². The Kier molecular flexibility index (Phi) is 4.79. The van der Waals surface area contributed by atoms with E-state index in [0.29, 0.717) is 17.1 Å². The Morgan fingerprint density at radius 3 is 2.75 bits per heavy atom. The number of benzene rings is 2. The van der Waals surface area contributed by atoms with Crippen LogP contribution in [0.2, 0.25) is 0 Å². The van der Waals surface area contributed by atoms with Crippen molar-refractivity contribution in [3.05, 3.63) is 58.1 Å². The van der Waals surface area contributed by atoms with E-state index in [1.807, 2.05) is 25.1 Å². The molecule has 2 aromatic rings. The summed E-state index contributed by atoms with van der Waals surface area (Å²) >= 11 is 3.39. The molecule has 0 N–H and O–H groups in total. The molecule has 0 aromatic heterocycles. The molecule has 104 valence electrons. The van der Waals surface area contributed by atoms with Gasteiger partial charge in [0.05, 0.1) is 7.11 Å². The zero-order valence-electron chi connectivity index (χ0n) is 11.4. The van der Waals surface area contributed by atoms with Gasteiger partial charge in [0.15, 0.2) is 12.4 Å². The van der Waals surface area contributed by atoms with E-state index in [4.69, 9.17) is 9.47 Å². The molecule has 0 bridgehead atoms. The van der Waals surface area contributed by atoms with E-state index in [-0.39, 0.29) is 12.4 Å². The van der Waals surface area contributed by atoms with Crippen molar-refractivity contribution in [2.24, 2.45) is 0 Å². The van der Waals surface area contributed by atoms with Gasteiger partial charge in [-0.25, -0.2) is 0 Å². The lowest BCUT2D eigenvalue weighted by molar-refractivity contribution is 0.0920. The van der Waals surface area contributed by atoms with Crippen molar-refractivity contribution in [3.63, 3.8) is 0 Å². The number of hydrogen-bond donors (Lipinski definition) is 0. The van der Waals surface area contributed by atoms with Crippen LogP contribution in [0.3, 0.4) is 0 Å². The summed E-state index contributed by atoms with van der Waals surface area (Å²) in [5.41, 5.74) is 1.57. The van der Waals surface area contributed by atoms with E-state index in [0.717, 1.165) is 10.0 Å². The highest BCUT2D eigenvalue weighted by molar-refractivity contribution is 9.10. The monoisotopic (exact) mass is 334 g/mol. The van der Waals surface area contributed by atoms with E-state index < -0.39 is 0 Å². The van der Waals surface area contributed by atoms with Gasteiger partial charge in [0.2, 0.25) is 0 Å². The number of hydrogen-bond acceptors (Lipinski definition) is 3. The van der Waals surface area contributed by atoms with Crippen LogP contribution in [0, 0.1) is 6.92 Å². The maximum absolute atomic E-state index is 12.1. The van der Waals surface area contributed by atoms with Gasteiger partial charge in [-0.2, -0.15) is 0 Å². The summed E-state index contributed by atoms with van der Waals surface area (Å²) in [4.78, 5) is 12.1. The number of carbonyl (C=O) groups excluding carboxylic acids is 1. The van der Waals surface area contributed by atoms with Crippen LogP contribution >= 0.6 is 15.9 Å². The highest BCUT2D eigenvalue weighted by atomic mass is 79.9. The summed E-state index contributed by atoms with van der Waals surface area (Å²) < 4.78 is 11.6. The highest BCUT2D eigenvalue weighted by Gasteiger charge is 2.09. The molecule has 0 amide bonds. The molecule has 3 nitrogen and oxygen atoms in total. The molecule has 4 heteroatoms. The highest BCUT2D eigenvalue weighted by Crippen LogP contribution is 2.23. The van der Waals surface area contributed by atoms with Crippen LogP contribution in [-0.4, -0.2) is 19.5 Å². The molecule has 0 saturated heterocycles. The van der Waals surface area contributed by atoms with Gasteiger partial charge in [-0.05, 0) is 36.8 Å². The second kappa shape index (κ2) is 6.57. The van der Waals surface area contributed by atoms with Crippen molar-refractivity contribution in [1.82, 2.24) is 0 Å². The molecule has 0 unspecified atom stereocenters. The van der Waals surface area contributed by atoms with Crippen LogP contribution in [-0.2, 0) is 0 Å². The lowest BCUT2D eigenvalue weighted by Gasteiger charge is -2.09. The van der Waals surface area contributed by atoms with Gasteiger partial charge >= 0.3 is 0 Å². The third-order valence-electron chi connectivity index (χ3n) is 2.90. The molecule has 0 radical (unpaired) electrons. The number of ether oxygens (including phenoxy) is 2. The predicted octanol–water partition coefficient (Wildman–Crippen LogP) is 4.03. The Bertz CT molecular complexity index is 623. The largest absolute Gasteiger partial charge is 0.497 e. The van der Waals surface area contributed by atoms with Gasteiger partial charge in [-0.3, -0.25) is 4.79 Å². The lowest BCUT2D eigenvalue weighted by atomic mass is 10.1. The van der Waals surface area contributed by atoms with Gasteiger partial charge in [-0.1, -0.05) is 34.1 Å². The molecular formula is C16H15BrO3. The average Bonchev–Trinajstić information content (AvgIpc) is 2.48. The molecule has 0 atom stereocenters. The smallest absolute Gasteiger partial charge is 0.200 e. The Morgan fingerprint density at radius 1 is 1.20 bits per heavy atom. The molecule has 2 aromatic carbocycles. The van der Waals surface area contributed by atoms with E-state index in [1.165, 1.54) is 0 Å². The number of halogens is 1. The van der Waals surface area contributed by atoms with Crippen molar-refractivity contribution in [2.75, 3.05) is 13.7 Å². The molecule has 2 rings (SSSR count). The third kappa shape index (κ3) is 3.61. The fraction of sp³-hybridized carbons (Fsp3) is 0.188. The fourth-order valence-electron chi connectivity index (χ4n) is 1.75. The summed E-state index contributed by atoms with van der Waals surface area (Å²) in [6, 6.07) is 12.8. The van der Waals surface area contributed by atoms with Gasteiger partial charge in [0, 0.05) is 10.0 Å². The molecule has 0 aliphatic carbocycles. The van der Waals surface area contributed by atoms with Crippen molar-refractivity contribution in [2.45, 2.75) is 6.92 Å². The quantitative estimate of drug-likeness (QED) is 0.774. The summed E-state index contributed by atoms with van der Waals surface area (Å²) in [5, 5.41) is 0. The van der Waals surface area contributed by atoms with E-state index in [1.54, 1.807) is 31.4 Å². The van der Waals surface area contributed by atoms with Crippen molar-refractivity contribution in [1.29, 1.82) is 0 Å². The summed E-state index contributed by atoms with van der Waals surface area (Å²) in [6.45, 7) is 1.95. The molecule has 20 heavy (non-hydrogen) atoms. The predicted molar refractivity (Wildman–Crippen MR) is 81.7 cm³/mol. The lowest BCUT2D eigenvalue weighted by Crippen LogP contribution is -2.12. The third-order valence-corrected chi connectivity index (χ3v) is 3.39. The first-order chi connectivity index (χ1) is 9.60. The van der Waals surface area contributed by atoms with Crippen LogP contribution < -0.4 is 9.47 Å². The number of Topliss-reactive ketones (excluding diaryl/α,β-unsaturated/α-hetero) is 1. The van der Waals surface area contributed by atoms with E-state index in [9.17, 15) is 4.79 Å². The zero-order valence-corrected chi connectivity index (χ0v) is 12.9. The minimum Gasteiger partial charge on any atom is -0.497 e. The normalized spacial score (nSPS) is 10.2. The SMILES string of the molecule is COc1cccc(C(=O)COc2cc(Br)ccc2C)c1. The summed E-state index contributed by atoms with van der Waals surface area (Å²) in [7, 11) is 1.57. The van der Waals surface area contributed by atoms with Crippen molar-refractivity contribution < 1.29 is 14.3 Å². The maximum atomic E-state index is 12.1. The molecule has 0 heterocycles.